The molecule has 1 N–H and O–H groups in total. The normalized spacial score (nSPS) is 11.5. The molecule has 1 amide bonds. The van der Waals surface area contributed by atoms with Gasteiger partial charge >= 0.3 is 0 Å². The molecule has 0 radical (unpaired) electrons. The van der Waals surface area contributed by atoms with Crippen molar-refractivity contribution in [2.75, 3.05) is 12.4 Å². The number of nitrogens with one attached hydrogen (secondary N) is 1. The summed E-state index contributed by atoms with van der Waals surface area (Å²) in [6.07, 6.45) is 0. The summed E-state index contributed by atoms with van der Waals surface area (Å²) in [5, 5.41) is 12.0. The van der Waals surface area contributed by atoms with Crippen LogP contribution in [0.3, 0.4) is 0 Å². The molecule has 1 aromatic heterocycles. The van der Waals surface area contributed by atoms with Gasteiger partial charge in [0.2, 0.25) is 0 Å². The first-order valence-electron chi connectivity index (χ1n) is 9.77. The Morgan fingerprint density at radius 1 is 0.900 bits per heavy atom. The van der Waals surface area contributed by atoms with Crippen molar-refractivity contribution in [3.8, 4) is 11.4 Å². The molecule has 0 saturated carbocycles. The predicted molar refractivity (Wildman–Crippen MR) is 119 cm³/mol. The Bertz CT molecular complexity index is 1190. The molecule has 6 nitrogen and oxygen atoms in total. The lowest BCUT2D eigenvalue weighted by Crippen LogP contribution is -2.14. The Morgan fingerprint density at radius 2 is 1.57 bits per heavy atom. The number of carbonyl (C=O) groups excluding carboxylic acids is 1. The molecule has 0 aliphatic rings. The molecule has 152 valence electrons. The van der Waals surface area contributed by atoms with E-state index in [-0.39, 0.29) is 11.3 Å². The molecule has 0 spiro atoms. The van der Waals surface area contributed by atoms with Gasteiger partial charge in [0.25, 0.3) is 5.91 Å². The Kier molecular flexibility index (Phi) is 4.99. The van der Waals surface area contributed by atoms with Crippen LogP contribution < -0.4 is 10.1 Å². The van der Waals surface area contributed by atoms with Crippen molar-refractivity contribution < 1.29 is 9.53 Å². The van der Waals surface area contributed by atoms with Gasteiger partial charge in [0, 0.05) is 11.3 Å². The quantitative estimate of drug-likeness (QED) is 0.525. The standard InChI is InChI=1S/C24H24N4O2/c1-24(2,3)17-7-5-16(6-8-17)23(29)25-18-9-14-21-22(15-18)27-28(26-21)19-10-12-20(30-4)13-11-19/h5-15H,1-4H3,(H,25,29). The van der Waals surface area contributed by atoms with Crippen molar-refractivity contribution in [2.24, 2.45) is 0 Å². The lowest BCUT2D eigenvalue weighted by Gasteiger charge is -2.19. The maximum atomic E-state index is 12.6. The molecular weight excluding hydrogens is 376 g/mol. The predicted octanol–water partition coefficient (Wildman–Crippen LogP) is 4.98. The van der Waals surface area contributed by atoms with Gasteiger partial charge in [-0.1, -0.05) is 32.9 Å². The molecule has 0 aliphatic heterocycles. The highest BCUT2D eigenvalue weighted by Gasteiger charge is 2.15. The molecule has 4 rings (SSSR count). The van der Waals surface area contributed by atoms with Gasteiger partial charge in [-0.05, 0) is 65.6 Å². The lowest BCUT2D eigenvalue weighted by atomic mass is 9.87. The second-order valence-corrected chi connectivity index (χ2v) is 8.17. The number of benzene rings is 3. The first kappa shape index (κ1) is 19.6. The molecule has 1 heterocycles. The van der Waals surface area contributed by atoms with Crippen LogP contribution in [0.5, 0.6) is 5.75 Å². The third kappa shape index (κ3) is 4.03. The minimum Gasteiger partial charge on any atom is -0.497 e. The topological polar surface area (TPSA) is 69.0 Å². The third-order valence-corrected chi connectivity index (χ3v) is 4.95. The van der Waals surface area contributed by atoms with Crippen LogP contribution in [0.1, 0.15) is 36.7 Å². The van der Waals surface area contributed by atoms with Crippen LogP contribution in [-0.4, -0.2) is 28.0 Å². The van der Waals surface area contributed by atoms with Crippen LogP contribution in [0, 0.1) is 0 Å². The van der Waals surface area contributed by atoms with Crippen LogP contribution >= 0.6 is 0 Å². The average molecular weight is 400 g/mol. The number of anilines is 1. The number of ether oxygens (including phenoxy) is 1. The second-order valence-electron chi connectivity index (χ2n) is 8.17. The fraction of sp³-hybridized carbons (Fsp3) is 0.208. The Hall–Kier alpha value is -3.67. The van der Waals surface area contributed by atoms with E-state index < -0.39 is 0 Å². The smallest absolute Gasteiger partial charge is 0.255 e. The molecular formula is C24H24N4O2. The van der Waals surface area contributed by atoms with E-state index in [4.69, 9.17) is 4.74 Å². The maximum Gasteiger partial charge on any atom is 0.255 e. The molecule has 0 saturated heterocycles. The van der Waals surface area contributed by atoms with Gasteiger partial charge in [0.05, 0.1) is 12.8 Å². The van der Waals surface area contributed by atoms with Crippen LogP contribution in [0.2, 0.25) is 0 Å². The van der Waals surface area contributed by atoms with Gasteiger partial charge in [-0.3, -0.25) is 4.79 Å². The summed E-state index contributed by atoms with van der Waals surface area (Å²) >= 11 is 0. The number of hydrogen-bond donors (Lipinski definition) is 1. The largest absolute Gasteiger partial charge is 0.497 e. The van der Waals surface area contributed by atoms with Gasteiger partial charge in [-0.25, -0.2) is 0 Å². The molecule has 0 atom stereocenters. The molecule has 0 bridgehead atoms. The molecule has 0 fully saturated rings. The van der Waals surface area contributed by atoms with Crippen LogP contribution in [0.15, 0.2) is 66.7 Å². The number of carbonyl (C=O) groups is 1. The number of nitrogens with zero attached hydrogens (tertiary/aromatic N) is 3. The van der Waals surface area contributed by atoms with E-state index in [2.05, 4.69) is 36.3 Å². The van der Waals surface area contributed by atoms with Gasteiger partial charge in [0.1, 0.15) is 16.8 Å². The molecule has 4 aromatic rings. The number of rotatable bonds is 4. The van der Waals surface area contributed by atoms with E-state index in [1.54, 1.807) is 11.9 Å². The Balaban J connectivity index is 1.54. The third-order valence-electron chi connectivity index (χ3n) is 4.95. The van der Waals surface area contributed by atoms with E-state index in [9.17, 15) is 4.79 Å². The molecule has 30 heavy (non-hydrogen) atoms. The van der Waals surface area contributed by atoms with Crippen molar-refractivity contribution in [1.82, 2.24) is 15.0 Å². The van der Waals surface area contributed by atoms with Gasteiger partial charge < -0.3 is 10.1 Å². The van der Waals surface area contributed by atoms with Crippen molar-refractivity contribution >= 4 is 22.6 Å². The minimum atomic E-state index is -0.155. The number of methoxy groups -OCH3 is 1. The minimum absolute atomic E-state index is 0.0513. The van der Waals surface area contributed by atoms with Crippen LogP contribution in [0.25, 0.3) is 16.7 Å². The van der Waals surface area contributed by atoms with Crippen molar-refractivity contribution in [1.29, 1.82) is 0 Å². The van der Waals surface area contributed by atoms with Crippen LogP contribution in [0.4, 0.5) is 5.69 Å². The van der Waals surface area contributed by atoms with E-state index >= 15 is 0 Å². The highest BCUT2D eigenvalue weighted by Crippen LogP contribution is 2.23. The van der Waals surface area contributed by atoms with Gasteiger partial charge in [0.15, 0.2) is 0 Å². The fourth-order valence-corrected chi connectivity index (χ4v) is 3.15. The molecule has 3 aromatic carbocycles. The fourth-order valence-electron chi connectivity index (χ4n) is 3.15. The SMILES string of the molecule is COc1ccc(-n2nc3ccc(NC(=O)c4ccc(C(C)(C)C)cc4)cc3n2)cc1. The Morgan fingerprint density at radius 3 is 2.20 bits per heavy atom. The van der Waals surface area contributed by atoms with E-state index in [0.717, 1.165) is 17.0 Å². The number of fused-ring (bicyclic) bond motifs is 1. The summed E-state index contributed by atoms with van der Waals surface area (Å²) in [4.78, 5) is 14.2. The zero-order valence-corrected chi connectivity index (χ0v) is 17.5. The average Bonchev–Trinajstić information content (AvgIpc) is 3.16. The number of hydrogen-bond acceptors (Lipinski definition) is 4. The maximum absolute atomic E-state index is 12.6. The zero-order chi connectivity index (χ0) is 21.3. The van der Waals surface area contributed by atoms with Crippen LogP contribution in [-0.2, 0) is 5.41 Å². The molecule has 0 aliphatic carbocycles. The summed E-state index contributed by atoms with van der Waals surface area (Å²) in [7, 11) is 1.63. The summed E-state index contributed by atoms with van der Waals surface area (Å²) in [5.41, 5.74) is 4.81. The van der Waals surface area contributed by atoms with Crippen molar-refractivity contribution in [3.05, 3.63) is 77.9 Å². The monoisotopic (exact) mass is 400 g/mol. The second kappa shape index (κ2) is 7.63. The van der Waals surface area contributed by atoms with E-state index in [1.807, 2.05) is 66.7 Å². The van der Waals surface area contributed by atoms with E-state index in [1.165, 1.54) is 5.56 Å². The lowest BCUT2D eigenvalue weighted by molar-refractivity contribution is 0.102. The summed E-state index contributed by atoms with van der Waals surface area (Å²) in [6.45, 7) is 6.45. The highest BCUT2D eigenvalue weighted by molar-refractivity contribution is 6.05. The van der Waals surface area contributed by atoms with E-state index in [0.29, 0.717) is 16.8 Å². The van der Waals surface area contributed by atoms with Crippen molar-refractivity contribution in [3.63, 3.8) is 0 Å². The molecule has 6 heteroatoms. The highest BCUT2D eigenvalue weighted by atomic mass is 16.5. The first-order chi connectivity index (χ1) is 14.3. The van der Waals surface area contributed by atoms with Crippen molar-refractivity contribution in [2.45, 2.75) is 26.2 Å². The molecule has 0 unspecified atom stereocenters. The number of amides is 1. The summed E-state index contributed by atoms with van der Waals surface area (Å²) < 4.78 is 5.19. The van der Waals surface area contributed by atoms with Gasteiger partial charge in [-0.15, -0.1) is 10.2 Å². The van der Waals surface area contributed by atoms with Gasteiger partial charge in [-0.2, -0.15) is 4.80 Å². The Labute approximate surface area is 175 Å². The summed E-state index contributed by atoms with van der Waals surface area (Å²) in [5.74, 6) is 0.619. The first-order valence-corrected chi connectivity index (χ1v) is 9.77. The number of aromatic nitrogens is 3. The summed E-state index contributed by atoms with van der Waals surface area (Å²) in [6, 6.07) is 20.7. The zero-order valence-electron chi connectivity index (χ0n) is 17.5.